The van der Waals surface area contributed by atoms with Gasteiger partial charge in [0.2, 0.25) is 5.91 Å². The number of aromatic amines is 1. The lowest BCUT2D eigenvalue weighted by molar-refractivity contribution is -0.131. The minimum absolute atomic E-state index is 0.275. The minimum atomic E-state index is 0.275. The van der Waals surface area contributed by atoms with Crippen molar-refractivity contribution in [1.29, 1.82) is 0 Å². The van der Waals surface area contributed by atoms with Crippen molar-refractivity contribution in [1.82, 2.24) is 15.1 Å². The van der Waals surface area contributed by atoms with Gasteiger partial charge in [0.15, 0.2) is 0 Å². The number of nitrogens with zero attached hydrogens (tertiary/aromatic N) is 2. The van der Waals surface area contributed by atoms with Gasteiger partial charge in [-0.25, -0.2) is 0 Å². The summed E-state index contributed by atoms with van der Waals surface area (Å²) in [6, 6.07) is 2.11. The lowest BCUT2D eigenvalue weighted by Crippen LogP contribution is -2.37. The monoisotopic (exact) mass is 221 g/mol. The molecule has 0 unspecified atom stereocenters. The molecule has 1 aromatic rings. The normalized spacial score (nSPS) is 17.8. The number of rotatable bonds is 2. The van der Waals surface area contributed by atoms with Crippen molar-refractivity contribution in [2.24, 2.45) is 0 Å². The van der Waals surface area contributed by atoms with Gasteiger partial charge in [-0.2, -0.15) is 5.10 Å². The standard InChI is InChI=1S/C12H19N3O/c1-3-12(16)15-6-4-10(5-7-15)11-8-9(2)13-14-11/h8,10H,3-7H2,1-2H3,(H,13,14). The number of hydrogen-bond donors (Lipinski definition) is 1. The van der Waals surface area contributed by atoms with Crippen molar-refractivity contribution < 1.29 is 4.79 Å². The molecule has 1 saturated heterocycles. The summed E-state index contributed by atoms with van der Waals surface area (Å²) in [5.41, 5.74) is 2.27. The largest absolute Gasteiger partial charge is 0.343 e. The highest BCUT2D eigenvalue weighted by Gasteiger charge is 2.24. The Morgan fingerprint density at radius 3 is 2.75 bits per heavy atom. The molecule has 2 heterocycles. The number of nitrogens with one attached hydrogen (secondary N) is 1. The summed E-state index contributed by atoms with van der Waals surface area (Å²) < 4.78 is 0. The van der Waals surface area contributed by atoms with Gasteiger partial charge in [-0.05, 0) is 25.8 Å². The first kappa shape index (κ1) is 11.2. The van der Waals surface area contributed by atoms with E-state index < -0.39 is 0 Å². The van der Waals surface area contributed by atoms with Crippen molar-refractivity contribution in [3.8, 4) is 0 Å². The summed E-state index contributed by atoms with van der Waals surface area (Å²) in [5, 5.41) is 7.28. The molecule has 1 aliphatic heterocycles. The van der Waals surface area contributed by atoms with Gasteiger partial charge in [0.1, 0.15) is 0 Å². The zero-order chi connectivity index (χ0) is 11.5. The molecule has 0 aromatic carbocycles. The first-order chi connectivity index (χ1) is 7.70. The first-order valence-corrected chi connectivity index (χ1v) is 6.00. The summed E-state index contributed by atoms with van der Waals surface area (Å²) in [4.78, 5) is 13.5. The number of hydrogen-bond acceptors (Lipinski definition) is 2. The van der Waals surface area contributed by atoms with Gasteiger partial charge in [0.05, 0.1) is 5.69 Å². The highest BCUT2D eigenvalue weighted by atomic mass is 16.2. The SMILES string of the molecule is CCC(=O)N1CCC(c2cc(C)[nH]n2)CC1. The van der Waals surface area contributed by atoms with E-state index in [0.717, 1.165) is 37.3 Å². The van der Waals surface area contributed by atoms with Crippen LogP contribution in [0.1, 0.15) is 43.5 Å². The van der Waals surface area contributed by atoms with Gasteiger partial charge < -0.3 is 4.90 Å². The van der Waals surface area contributed by atoms with E-state index in [1.807, 2.05) is 18.7 Å². The number of H-pyrrole nitrogens is 1. The van der Waals surface area contributed by atoms with Crippen LogP contribution in [0.3, 0.4) is 0 Å². The summed E-state index contributed by atoms with van der Waals surface area (Å²) in [7, 11) is 0. The van der Waals surface area contributed by atoms with E-state index in [-0.39, 0.29) is 5.91 Å². The Morgan fingerprint density at radius 2 is 2.25 bits per heavy atom. The van der Waals surface area contributed by atoms with Crippen molar-refractivity contribution in [3.63, 3.8) is 0 Å². The second-order valence-electron chi connectivity index (χ2n) is 4.48. The van der Waals surface area contributed by atoms with Gasteiger partial charge in [0, 0.05) is 31.1 Å². The van der Waals surface area contributed by atoms with Crippen molar-refractivity contribution in [2.45, 2.75) is 39.0 Å². The Hall–Kier alpha value is -1.32. The average Bonchev–Trinajstić information content (AvgIpc) is 2.75. The summed E-state index contributed by atoms with van der Waals surface area (Å²) in [5.74, 6) is 0.794. The van der Waals surface area contributed by atoms with Crippen LogP contribution < -0.4 is 0 Å². The molecule has 4 heteroatoms. The van der Waals surface area contributed by atoms with E-state index in [4.69, 9.17) is 0 Å². The second-order valence-corrected chi connectivity index (χ2v) is 4.48. The Balaban J connectivity index is 1.92. The molecule has 0 saturated carbocycles. The van der Waals surface area contributed by atoms with Crippen molar-refractivity contribution >= 4 is 5.91 Å². The number of carbonyl (C=O) groups is 1. The fourth-order valence-electron chi connectivity index (χ4n) is 2.30. The van der Waals surface area contributed by atoms with E-state index in [1.165, 1.54) is 0 Å². The number of piperidine rings is 1. The first-order valence-electron chi connectivity index (χ1n) is 6.00. The molecule has 1 aliphatic rings. The van der Waals surface area contributed by atoms with Crippen molar-refractivity contribution in [2.75, 3.05) is 13.1 Å². The molecule has 0 atom stereocenters. The van der Waals surface area contributed by atoms with Crippen LogP contribution in [-0.4, -0.2) is 34.1 Å². The molecule has 1 fully saturated rings. The molecular weight excluding hydrogens is 202 g/mol. The third-order valence-corrected chi connectivity index (χ3v) is 3.29. The summed E-state index contributed by atoms with van der Waals surface area (Å²) in [6.45, 7) is 5.70. The predicted molar refractivity (Wildman–Crippen MR) is 62.2 cm³/mol. The lowest BCUT2D eigenvalue weighted by atomic mass is 9.93. The zero-order valence-corrected chi connectivity index (χ0v) is 9.99. The fraction of sp³-hybridized carbons (Fsp3) is 0.667. The number of amides is 1. The maximum absolute atomic E-state index is 11.5. The van der Waals surface area contributed by atoms with Gasteiger partial charge in [0.25, 0.3) is 0 Å². The lowest BCUT2D eigenvalue weighted by Gasteiger charge is -2.31. The molecule has 1 aromatic heterocycles. The Labute approximate surface area is 96.0 Å². The molecular formula is C12H19N3O. The minimum Gasteiger partial charge on any atom is -0.343 e. The zero-order valence-electron chi connectivity index (χ0n) is 9.99. The van der Waals surface area contributed by atoms with Gasteiger partial charge >= 0.3 is 0 Å². The van der Waals surface area contributed by atoms with E-state index in [0.29, 0.717) is 12.3 Å². The van der Waals surface area contributed by atoms with Crippen LogP contribution in [0, 0.1) is 6.92 Å². The molecule has 0 aliphatic carbocycles. The van der Waals surface area contributed by atoms with Crippen LogP contribution in [0.5, 0.6) is 0 Å². The summed E-state index contributed by atoms with van der Waals surface area (Å²) in [6.07, 6.45) is 2.69. The number of aromatic nitrogens is 2. The van der Waals surface area contributed by atoms with Crippen molar-refractivity contribution in [3.05, 3.63) is 17.5 Å². The highest BCUT2D eigenvalue weighted by molar-refractivity contribution is 5.75. The number of carbonyl (C=O) groups excluding carboxylic acids is 1. The fourth-order valence-corrected chi connectivity index (χ4v) is 2.30. The van der Waals surface area contributed by atoms with Crippen LogP contribution in [-0.2, 0) is 4.79 Å². The van der Waals surface area contributed by atoms with E-state index in [1.54, 1.807) is 0 Å². The maximum atomic E-state index is 11.5. The molecule has 2 rings (SSSR count). The highest BCUT2D eigenvalue weighted by Crippen LogP contribution is 2.27. The van der Waals surface area contributed by atoms with Gasteiger partial charge in [-0.1, -0.05) is 6.92 Å². The average molecular weight is 221 g/mol. The smallest absolute Gasteiger partial charge is 0.222 e. The molecule has 1 amide bonds. The van der Waals surface area contributed by atoms with Gasteiger partial charge in [-0.3, -0.25) is 9.89 Å². The van der Waals surface area contributed by atoms with Gasteiger partial charge in [-0.15, -0.1) is 0 Å². The topological polar surface area (TPSA) is 49.0 Å². The van der Waals surface area contributed by atoms with Crippen LogP contribution in [0.2, 0.25) is 0 Å². The maximum Gasteiger partial charge on any atom is 0.222 e. The molecule has 0 radical (unpaired) electrons. The van der Waals surface area contributed by atoms with Crippen LogP contribution in [0.25, 0.3) is 0 Å². The van der Waals surface area contributed by atoms with E-state index in [9.17, 15) is 4.79 Å². The van der Waals surface area contributed by atoms with E-state index >= 15 is 0 Å². The molecule has 1 N–H and O–H groups in total. The Morgan fingerprint density at radius 1 is 1.56 bits per heavy atom. The quantitative estimate of drug-likeness (QED) is 0.828. The predicted octanol–water partition coefficient (Wildman–Crippen LogP) is 1.83. The Bertz CT molecular complexity index is 364. The number of aryl methyl sites for hydroxylation is 1. The molecule has 88 valence electrons. The number of likely N-dealkylation sites (tertiary alicyclic amines) is 1. The molecule has 0 spiro atoms. The van der Waals surface area contributed by atoms with Crippen LogP contribution >= 0.6 is 0 Å². The third-order valence-electron chi connectivity index (χ3n) is 3.29. The van der Waals surface area contributed by atoms with Crippen LogP contribution in [0.4, 0.5) is 0 Å². The Kier molecular flexibility index (Phi) is 3.27. The van der Waals surface area contributed by atoms with E-state index in [2.05, 4.69) is 16.3 Å². The third kappa shape index (κ3) is 2.26. The molecule has 16 heavy (non-hydrogen) atoms. The second kappa shape index (κ2) is 4.68. The van der Waals surface area contributed by atoms with Crippen LogP contribution in [0.15, 0.2) is 6.07 Å². The summed E-state index contributed by atoms with van der Waals surface area (Å²) >= 11 is 0. The molecule has 0 bridgehead atoms. The molecule has 4 nitrogen and oxygen atoms in total.